The molecule has 11 aromatic carbocycles. The molecule has 0 aromatic heterocycles. The highest BCUT2D eigenvalue weighted by Gasteiger charge is 2.29. The van der Waals surface area contributed by atoms with E-state index >= 15 is 0 Å². The van der Waals surface area contributed by atoms with E-state index in [1.54, 1.807) is 0 Å². The van der Waals surface area contributed by atoms with Crippen molar-refractivity contribution in [3.8, 4) is 44.5 Å². The highest BCUT2D eigenvalue weighted by atomic mass is 14.3. The third-order valence-electron chi connectivity index (χ3n) is 12.0. The minimum Gasteiger partial charge on any atom is -0.0984 e. The summed E-state index contributed by atoms with van der Waals surface area (Å²) >= 11 is 0. The topological polar surface area (TPSA) is 0 Å². The third-order valence-corrected chi connectivity index (χ3v) is 12.0. The van der Waals surface area contributed by atoms with Crippen LogP contribution in [0.5, 0.6) is 0 Å². The van der Waals surface area contributed by atoms with Crippen LogP contribution in [-0.4, -0.2) is 0 Å². The average molecular weight is 655 g/mol. The molecule has 0 N–H and O–H groups in total. The van der Waals surface area contributed by atoms with Crippen molar-refractivity contribution in [1.29, 1.82) is 0 Å². The first-order valence-electron chi connectivity index (χ1n) is 18.1. The molecule has 0 unspecified atom stereocenters. The van der Waals surface area contributed by atoms with Gasteiger partial charge in [-0.3, -0.25) is 0 Å². The van der Waals surface area contributed by atoms with Crippen LogP contribution in [0.3, 0.4) is 0 Å². The Kier molecular flexibility index (Phi) is 5.35. The van der Waals surface area contributed by atoms with Gasteiger partial charge >= 0.3 is 0 Å². The van der Waals surface area contributed by atoms with Crippen molar-refractivity contribution in [3.05, 3.63) is 170 Å². The molecule has 0 radical (unpaired) electrons. The zero-order chi connectivity index (χ0) is 34.2. The van der Waals surface area contributed by atoms with E-state index in [2.05, 4.69) is 159 Å². The summed E-state index contributed by atoms with van der Waals surface area (Å²) in [5.41, 5.74) is 12.5. The fourth-order valence-electron chi connectivity index (χ4n) is 9.91. The molecule has 0 heterocycles. The fourth-order valence-corrected chi connectivity index (χ4v) is 9.91. The molecule has 1 aliphatic carbocycles. The van der Waals surface area contributed by atoms with Crippen molar-refractivity contribution in [1.82, 2.24) is 0 Å². The molecule has 0 spiro atoms. The molecule has 12 rings (SSSR count). The van der Waals surface area contributed by atoms with Crippen LogP contribution in [-0.2, 0) is 0 Å². The fraction of sp³-hybridized carbons (Fsp3) is 0. The lowest BCUT2D eigenvalue weighted by atomic mass is 9.85. The molecule has 0 atom stereocenters. The first-order chi connectivity index (χ1) is 25.7. The molecule has 0 nitrogen and oxygen atoms in total. The van der Waals surface area contributed by atoms with Crippen LogP contribution in [0.25, 0.3) is 132 Å². The molecule has 0 heteroatoms. The van der Waals surface area contributed by atoms with Crippen LogP contribution in [0, 0.1) is 0 Å². The lowest BCUT2D eigenvalue weighted by Gasteiger charge is -2.17. The Hall–Kier alpha value is -6.76. The largest absolute Gasteiger partial charge is 0.0984 e. The maximum atomic E-state index is 4.13. The zero-order valence-electron chi connectivity index (χ0n) is 28.4. The van der Waals surface area contributed by atoms with Gasteiger partial charge < -0.3 is 0 Å². The average Bonchev–Trinajstić information content (AvgIpc) is 3.82. The molecule has 0 saturated heterocycles. The summed E-state index contributed by atoms with van der Waals surface area (Å²) < 4.78 is 0. The summed E-state index contributed by atoms with van der Waals surface area (Å²) in [5.74, 6) is 0. The molecule has 0 amide bonds. The SMILES string of the molecule is C=Cc1cc2c(cc1C=C)-c1ccc3c4c(-c5ccccc5)c5cc6c(cc5c(-c5ccccc5)c4c4ccc-2c1c43)c1cccc2cccc6c21. The van der Waals surface area contributed by atoms with E-state index in [9.17, 15) is 0 Å². The van der Waals surface area contributed by atoms with E-state index in [1.807, 2.05) is 12.2 Å². The Morgan fingerprint density at radius 2 is 0.788 bits per heavy atom. The Morgan fingerprint density at radius 1 is 0.308 bits per heavy atom. The second kappa shape index (κ2) is 9.94. The molecule has 52 heavy (non-hydrogen) atoms. The maximum Gasteiger partial charge on any atom is -0.000740 e. The monoisotopic (exact) mass is 654 g/mol. The molecule has 0 bridgehead atoms. The molecule has 0 fully saturated rings. The predicted molar refractivity (Wildman–Crippen MR) is 227 cm³/mol. The van der Waals surface area contributed by atoms with Gasteiger partial charge in [-0.15, -0.1) is 0 Å². The number of hydrogen-bond acceptors (Lipinski definition) is 0. The second-order valence-corrected chi connectivity index (χ2v) is 14.4. The van der Waals surface area contributed by atoms with Crippen molar-refractivity contribution < 1.29 is 0 Å². The molecule has 0 saturated carbocycles. The van der Waals surface area contributed by atoms with E-state index in [-0.39, 0.29) is 0 Å². The first kappa shape index (κ1) is 28.0. The van der Waals surface area contributed by atoms with Gasteiger partial charge in [0.2, 0.25) is 0 Å². The standard InChI is InChI=1S/C52H30/c1-3-29-25-40-36-21-23-38-50-39(24-22-37(49(36)50)41(40)26-30(29)4-2)52-48(33-15-9-6-10-16-33)45-28-43-35-20-12-18-31-17-11-19-34(46(31)35)42(43)27-44(45)47(51(38)52)32-13-7-5-8-14-32/h3-28H,1-2H2. The Bertz CT molecular complexity index is 3130. The number of fused-ring (bicyclic) bond motifs is 10. The summed E-state index contributed by atoms with van der Waals surface area (Å²) in [6.07, 6.45) is 3.90. The molecule has 1 aliphatic rings. The van der Waals surface area contributed by atoms with E-state index in [4.69, 9.17) is 0 Å². The molecule has 11 aromatic rings. The Labute approximate surface area is 300 Å². The number of hydrogen-bond donors (Lipinski definition) is 0. The van der Waals surface area contributed by atoms with Gasteiger partial charge in [0, 0.05) is 0 Å². The molecular weight excluding hydrogens is 625 g/mol. The zero-order valence-corrected chi connectivity index (χ0v) is 28.4. The van der Waals surface area contributed by atoms with E-state index in [0.29, 0.717) is 0 Å². The number of rotatable bonds is 4. The predicted octanol–water partition coefficient (Wildman–Crippen LogP) is 14.9. The van der Waals surface area contributed by atoms with Crippen LogP contribution in [0.2, 0.25) is 0 Å². The van der Waals surface area contributed by atoms with Crippen LogP contribution >= 0.6 is 0 Å². The summed E-state index contributed by atoms with van der Waals surface area (Å²) in [7, 11) is 0. The third kappa shape index (κ3) is 3.37. The van der Waals surface area contributed by atoms with Gasteiger partial charge in [0.1, 0.15) is 0 Å². The van der Waals surface area contributed by atoms with E-state index in [0.717, 1.165) is 11.1 Å². The second-order valence-electron chi connectivity index (χ2n) is 14.4. The van der Waals surface area contributed by atoms with Gasteiger partial charge in [-0.25, -0.2) is 0 Å². The van der Waals surface area contributed by atoms with E-state index in [1.165, 1.54) is 120 Å². The van der Waals surface area contributed by atoms with Gasteiger partial charge in [0.25, 0.3) is 0 Å². The van der Waals surface area contributed by atoms with Crippen molar-refractivity contribution in [2.24, 2.45) is 0 Å². The van der Waals surface area contributed by atoms with Crippen LogP contribution < -0.4 is 0 Å². The summed E-state index contributed by atoms with van der Waals surface area (Å²) in [6, 6.07) is 54.8. The summed E-state index contributed by atoms with van der Waals surface area (Å²) in [4.78, 5) is 0. The van der Waals surface area contributed by atoms with Crippen molar-refractivity contribution in [2.75, 3.05) is 0 Å². The van der Waals surface area contributed by atoms with Crippen molar-refractivity contribution in [3.63, 3.8) is 0 Å². The van der Waals surface area contributed by atoms with Gasteiger partial charge in [-0.1, -0.05) is 147 Å². The van der Waals surface area contributed by atoms with Crippen LogP contribution in [0.1, 0.15) is 11.1 Å². The minimum absolute atomic E-state index is 1.12. The normalized spacial score (nSPS) is 12.4. The van der Waals surface area contributed by atoms with Gasteiger partial charge in [0.15, 0.2) is 0 Å². The summed E-state index contributed by atoms with van der Waals surface area (Å²) in [5, 5.41) is 18.5. The maximum absolute atomic E-state index is 4.13. The molecule has 238 valence electrons. The van der Waals surface area contributed by atoms with Crippen molar-refractivity contribution in [2.45, 2.75) is 0 Å². The first-order valence-corrected chi connectivity index (χ1v) is 18.1. The smallest absolute Gasteiger partial charge is 0.000740 e. The van der Waals surface area contributed by atoms with Crippen LogP contribution in [0.15, 0.2) is 159 Å². The minimum atomic E-state index is 1.12. The lowest BCUT2D eigenvalue weighted by Crippen LogP contribution is -1.90. The molecule has 0 aliphatic heterocycles. The Balaban J connectivity index is 1.35. The Morgan fingerprint density at radius 3 is 1.25 bits per heavy atom. The van der Waals surface area contributed by atoms with Gasteiger partial charge in [-0.05, 0) is 155 Å². The quantitative estimate of drug-likeness (QED) is 0.177. The van der Waals surface area contributed by atoms with Crippen molar-refractivity contribution >= 4 is 87.6 Å². The summed E-state index contributed by atoms with van der Waals surface area (Å²) in [6.45, 7) is 8.26. The van der Waals surface area contributed by atoms with Gasteiger partial charge in [-0.2, -0.15) is 0 Å². The number of benzene rings is 9. The van der Waals surface area contributed by atoms with E-state index < -0.39 is 0 Å². The highest BCUT2D eigenvalue weighted by molar-refractivity contribution is 6.44. The highest BCUT2D eigenvalue weighted by Crippen LogP contribution is 2.57. The lowest BCUT2D eigenvalue weighted by molar-refractivity contribution is 1.62. The van der Waals surface area contributed by atoms with Gasteiger partial charge in [0.05, 0.1) is 0 Å². The molecular formula is C52H30. The van der Waals surface area contributed by atoms with Crippen LogP contribution in [0.4, 0.5) is 0 Å².